The molecule has 3 aliphatic rings. The van der Waals surface area contributed by atoms with E-state index in [0.29, 0.717) is 48.1 Å². The fourth-order valence-corrected chi connectivity index (χ4v) is 9.03. The van der Waals surface area contributed by atoms with E-state index in [4.69, 9.17) is 9.72 Å². The molecule has 230 valence electrons. The maximum absolute atomic E-state index is 13.6. The first-order valence-electron chi connectivity index (χ1n) is 15.3. The molecule has 2 aliphatic carbocycles. The van der Waals surface area contributed by atoms with Crippen LogP contribution < -0.4 is 10.9 Å². The van der Waals surface area contributed by atoms with Crippen molar-refractivity contribution in [3.05, 3.63) is 52.4 Å². The number of likely N-dealkylation sites (tertiary alicyclic amines) is 1. The van der Waals surface area contributed by atoms with Crippen LogP contribution in [0.4, 0.5) is 16.4 Å². The van der Waals surface area contributed by atoms with Crippen LogP contribution in [-0.2, 0) is 14.6 Å². The zero-order chi connectivity index (χ0) is 30.6. The van der Waals surface area contributed by atoms with Gasteiger partial charge in [-0.2, -0.15) is 4.98 Å². The Balaban J connectivity index is 1.13. The van der Waals surface area contributed by atoms with E-state index in [1.54, 1.807) is 46.0 Å². The molecule has 2 aromatic heterocycles. The number of anilines is 2. The second-order valence-corrected chi connectivity index (χ2v) is 15.8. The van der Waals surface area contributed by atoms with Crippen LogP contribution in [0, 0.1) is 12.3 Å². The molecule has 2 saturated carbocycles. The van der Waals surface area contributed by atoms with Crippen LogP contribution in [-0.4, -0.2) is 57.9 Å². The number of fused-ring (bicyclic) bond motifs is 1. The average molecular weight is 608 g/mol. The Bertz CT molecular complexity index is 1710. The summed E-state index contributed by atoms with van der Waals surface area (Å²) in [6.07, 6.45) is 8.37. The van der Waals surface area contributed by atoms with Crippen molar-refractivity contribution < 1.29 is 17.9 Å². The summed E-state index contributed by atoms with van der Waals surface area (Å²) >= 11 is 0. The van der Waals surface area contributed by atoms with Crippen molar-refractivity contribution in [2.24, 2.45) is 5.41 Å². The van der Waals surface area contributed by atoms with Crippen LogP contribution in [0.2, 0.25) is 0 Å². The Labute approximate surface area is 252 Å². The third-order valence-electron chi connectivity index (χ3n) is 9.37. The molecular weight excluding hydrogens is 566 g/mol. The Hall–Kier alpha value is -3.47. The van der Waals surface area contributed by atoms with Crippen molar-refractivity contribution in [3.63, 3.8) is 0 Å². The number of aromatic nitrogens is 3. The number of piperidine rings is 1. The van der Waals surface area contributed by atoms with Gasteiger partial charge in [0.1, 0.15) is 11.2 Å². The molecule has 1 saturated heterocycles. The van der Waals surface area contributed by atoms with Gasteiger partial charge < -0.3 is 15.0 Å². The lowest BCUT2D eigenvalue weighted by atomic mass is 9.63. The number of pyridine rings is 1. The van der Waals surface area contributed by atoms with Crippen LogP contribution in [0.15, 0.2) is 46.2 Å². The van der Waals surface area contributed by atoms with Gasteiger partial charge in [-0.3, -0.25) is 9.36 Å². The van der Waals surface area contributed by atoms with Gasteiger partial charge in [0.15, 0.2) is 9.84 Å². The van der Waals surface area contributed by atoms with Gasteiger partial charge in [0.2, 0.25) is 5.95 Å². The number of nitrogens with one attached hydrogen (secondary N) is 1. The number of carbonyl (C=O) groups is 1. The zero-order valence-corrected chi connectivity index (χ0v) is 26.2. The van der Waals surface area contributed by atoms with Crippen LogP contribution in [0.25, 0.3) is 11.0 Å². The van der Waals surface area contributed by atoms with Gasteiger partial charge in [-0.15, -0.1) is 0 Å². The van der Waals surface area contributed by atoms with Crippen molar-refractivity contribution >= 4 is 38.6 Å². The van der Waals surface area contributed by atoms with E-state index < -0.39 is 20.7 Å². The third-order valence-corrected chi connectivity index (χ3v) is 11.5. The number of nitrogens with zero attached hydrogens (tertiary/aromatic N) is 4. The second kappa shape index (κ2) is 10.9. The third kappa shape index (κ3) is 5.88. The summed E-state index contributed by atoms with van der Waals surface area (Å²) < 4.78 is 34.4. The van der Waals surface area contributed by atoms with E-state index in [-0.39, 0.29) is 23.1 Å². The molecule has 3 fully saturated rings. The lowest BCUT2D eigenvalue weighted by Crippen LogP contribution is -2.53. The molecule has 0 atom stereocenters. The Morgan fingerprint density at radius 3 is 2.42 bits per heavy atom. The van der Waals surface area contributed by atoms with Gasteiger partial charge >= 0.3 is 6.09 Å². The van der Waals surface area contributed by atoms with Gasteiger partial charge in [0.25, 0.3) is 5.56 Å². The van der Waals surface area contributed by atoms with E-state index in [0.717, 1.165) is 49.5 Å². The summed E-state index contributed by atoms with van der Waals surface area (Å²) in [5.74, 6) is 0.363. The number of rotatable bonds is 5. The molecule has 3 aromatic rings. The van der Waals surface area contributed by atoms with Gasteiger partial charge in [-0.05, 0) is 101 Å². The minimum absolute atomic E-state index is 0.0282. The highest BCUT2D eigenvalue weighted by Gasteiger charge is 2.51. The first kappa shape index (κ1) is 29.6. The molecule has 1 N–H and O–H groups in total. The highest BCUT2D eigenvalue weighted by molar-refractivity contribution is 7.92. The molecule has 10 nitrogen and oxygen atoms in total. The largest absolute Gasteiger partial charge is 0.444 e. The average Bonchev–Trinajstić information content (AvgIpc) is 3.46. The summed E-state index contributed by atoms with van der Waals surface area (Å²) in [7, 11) is -3.49. The van der Waals surface area contributed by atoms with Crippen molar-refractivity contribution in [1.82, 2.24) is 19.4 Å². The first-order chi connectivity index (χ1) is 20.3. The number of benzene rings is 1. The summed E-state index contributed by atoms with van der Waals surface area (Å²) in [5, 5.41) is 3.62. The van der Waals surface area contributed by atoms with E-state index in [9.17, 15) is 18.0 Å². The molecule has 1 aliphatic heterocycles. The molecule has 0 unspecified atom stereocenters. The normalized spacial score (nSPS) is 19.5. The van der Waals surface area contributed by atoms with Crippen LogP contribution in [0.5, 0.6) is 0 Å². The molecule has 43 heavy (non-hydrogen) atoms. The van der Waals surface area contributed by atoms with Crippen molar-refractivity contribution in [3.8, 4) is 0 Å². The predicted molar refractivity (Wildman–Crippen MR) is 165 cm³/mol. The second-order valence-electron chi connectivity index (χ2n) is 13.6. The number of carbonyl (C=O) groups excluding carboxylic acids is 1. The lowest BCUT2D eigenvalue weighted by Gasteiger charge is -2.51. The smallest absolute Gasteiger partial charge is 0.410 e. The predicted octanol–water partition coefficient (Wildman–Crippen LogP) is 5.91. The number of ether oxygens (including phenoxy) is 1. The fraction of sp³-hybridized carbons (Fsp3) is 0.562. The van der Waals surface area contributed by atoms with Crippen molar-refractivity contribution in [2.75, 3.05) is 18.4 Å². The van der Waals surface area contributed by atoms with Crippen LogP contribution in [0.1, 0.15) is 83.7 Å². The minimum Gasteiger partial charge on any atom is -0.444 e. The Morgan fingerprint density at radius 2 is 1.77 bits per heavy atom. The van der Waals surface area contributed by atoms with Gasteiger partial charge in [0.05, 0.1) is 10.1 Å². The molecule has 0 bridgehead atoms. The Morgan fingerprint density at radius 1 is 1.07 bits per heavy atom. The summed E-state index contributed by atoms with van der Waals surface area (Å²) in [4.78, 5) is 36.4. The number of hydrogen-bond donors (Lipinski definition) is 1. The van der Waals surface area contributed by atoms with Gasteiger partial charge in [0, 0.05) is 42.5 Å². The minimum atomic E-state index is -3.49. The summed E-state index contributed by atoms with van der Waals surface area (Å²) in [6, 6.07) is 8.61. The molecule has 1 amide bonds. The van der Waals surface area contributed by atoms with Crippen LogP contribution >= 0.6 is 0 Å². The fourth-order valence-electron chi connectivity index (χ4n) is 6.90. The van der Waals surface area contributed by atoms with Gasteiger partial charge in [-0.25, -0.2) is 18.2 Å². The van der Waals surface area contributed by atoms with Crippen molar-refractivity contribution in [2.45, 2.75) is 101 Å². The summed E-state index contributed by atoms with van der Waals surface area (Å²) in [5.41, 5.74) is 1.48. The molecule has 3 heterocycles. The van der Waals surface area contributed by atoms with Crippen LogP contribution in [0.3, 0.4) is 0 Å². The quantitative estimate of drug-likeness (QED) is 0.380. The summed E-state index contributed by atoms with van der Waals surface area (Å²) in [6.45, 7) is 8.62. The molecular formula is C32H41N5O5S. The molecule has 11 heteroatoms. The molecule has 1 spiro atoms. The maximum Gasteiger partial charge on any atom is 0.410 e. The number of aryl methyl sites for hydroxylation is 1. The Kier molecular flexibility index (Phi) is 7.51. The van der Waals surface area contributed by atoms with Gasteiger partial charge in [-0.1, -0.05) is 12.8 Å². The van der Waals surface area contributed by atoms with E-state index >= 15 is 0 Å². The zero-order valence-electron chi connectivity index (χ0n) is 25.4. The maximum atomic E-state index is 13.6. The highest BCUT2D eigenvalue weighted by atomic mass is 32.2. The number of hydrogen-bond acceptors (Lipinski definition) is 8. The number of sulfone groups is 1. The monoisotopic (exact) mass is 607 g/mol. The van der Waals surface area contributed by atoms with Crippen molar-refractivity contribution in [1.29, 1.82) is 0 Å². The van der Waals surface area contributed by atoms with E-state index in [2.05, 4.69) is 10.3 Å². The standard InChI is InChI=1S/C32H41N5O5S/c1-21-17-24(43(40,41)25-18-32(19-25)13-15-36(16-14-32)30(39)42-31(2,3)4)10-11-26(21)34-29-33-20-22-9-12-27(38)37(28(22)35-29)23-7-5-6-8-23/h9-12,17,20,23,25H,5-8,13-16,18-19H2,1-4H3,(H,33,34,35). The molecule has 1 aromatic carbocycles. The molecule has 6 rings (SSSR count). The SMILES string of the molecule is Cc1cc(S(=O)(=O)C2CC3(CCN(C(=O)OC(C)(C)C)CC3)C2)ccc1Nc1ncc2ccc(=O)n(C3CCCC3)c2n1. The molecule has 0 radical (unpaired) electrons. The van der Waals surface area contributed by atoms with E-state index in [1.165, 1.54) is 0 Å². The topological polar surface area (TPSA) is 123 Å². The highest BCUT2D eigenvalue weighted by Crippen LogP contribution is 2.53. The number of amides is 1. The van der Waals surface area contributed by atoms with E-state index in [1.807, 2.05) is 27.7 Å². The first-order valence-corrected chi connectivity index (χ1v) is 16.9. The lowest BCUT2D eigenvalue weighted by molar-refractivity contribution is -0.00428.